The molecule has 2 aromatic carbocycles. The number of fused-ring (bicyclic) bond motifs is 1. The molecule has 1 aromatic heterocycles. The highest BCUT2D eigenvalue weighted by Gasteiger charge is 2.18. The second kappa shape index (κ2) is 10.0. The fourth-order valence-corrected chi connectivity index (χ4v) is 2.71. The fourth-order valence-electron chi connectivity index (χ4n) is 2.71. The number of anilines is 2. The maximum absolute atomic E-state index is 12.4. The Morgan fingerprint density at radius 1 is 1.13 bits per heavy atom. The topological polar surface area (TPSA) is 135 Å². The third-order valence-electron chi connectivity index (χ3n) is 3.98. The molecule has 0 fully saturated rings. The smallest absolute Gasteiger partial charge is 0.394 e. The first-order valence-electron chi connectivity index (χ1n) is 8.81. The first kappa shape index (κ1) is 23.1. The van der Waals surface area contributed by atoms with E-state index in [2.05, 4.69) is 10.3 Å². The number of methoxy groups -OCH3 is 1. The lowest BCUT2D eigenvalue weighted by atomic mass is 10.1. The van der Waals surface area contributed by atoms with Crippen LogP contribution in [0.3, 0.4) is 0 Å². The molecule has 9 nitrogen and oxygen atoms in total. The van der Waals surface area contributed by atoms with Gasteiger partial charge in [-0.25, -0.2) is 4.79 Å². The minimum absolute atomic E-state index is 0.304. The molecule has 160 valence electrons. The Bertz CT molecular complexity index is 1140. The third kappa shape index (κ3) is 6.14. The summed E-state index contributed by atoms with van der Waals surface area (Å²) in [6.45, 7) is 4.10. The molecule has 0 atom stereocenters. The van der Waals surface area contributed by atoms with Gasteiger partial charge < -0.3 is 14.8 Å². The summed E-state index contributed by atoms with van der Waals surface area (Å²) in [5.74, 6) is 0.247. The first-order chi connectivity index (χ1) is 14.2. The Morgan fingerprint density at radius 2 is 1.80 bits per heavy atom. The van der Waals surface area contributed by atoms with E-state index in [1.54, 1.807) is 14.0 Å². The molecule has 1 heterocycles. The van der Waals surface area contributed by atoms with Crippen LogP contribution >= 0.6 is 0 Å². The summed E-state index contributed by atoms with van der Waals surface area (Å²) in [4.78, 5) is 16.8. The van der Waals surface area contributed by atoms with E-state index in [9.17, 15) is 4.79 Å². The minimum Gasteiger partial charge on any atom is -0.494 e. The van der Waals surface area contributed by atoms with Crippen LogP contribution in [0.4, 0.5) is 11.4 Å². The molecule has 3 rings (SSSR count). The zero-order valence-electron chi connectivity index (χ0n) is 16.6. The van der Waals surface area contributed by atoms with E-state index >= 15 is 0 Å². The first-order valence-corrected chi connectivity index (χ1v) is 10.2. The van der Waals surface area contributed by atoms with Gasteiger partial charge in [0.25, 0.3) is 0 Å². The fraction of sp³-hybridized carbons (Fsp3) is 0.200. The molecule has 0 amide bonds. The molecule has 10 heteroatoms. The molecule has 0 radical (unpaired) electrons. The molecule has 0 aliphatic carbocycles. The SMILES string of the molecule is CCOC(=O)c1cnc2c(OC)cccc2c1Nc1ccccc1C.O=S(=O)(O)O. The summed E-state index contributed by atoms with van der Waals surface area (Å²) >= 11 is 0. The highest BCUT2D eigenvalue weighted by atomic mass is 32.3. The Hall–Kier alpha value is -3.21. The number of ether oxygens (including phenoxy) is 2. The standard InChI is InChI=1S/C20H20N2O3.H2O4S/c1-4-25-20(23)15-12-21-19-14(9-7-11-17(19)24-3)18(15)22-16-10-6-5-8-13(16)2;1-5(2,3)4/h5-12H,4H2,1-3H3,(H,21,22);(H2,1,2,3,4). The van der Waals surface area contributed by atoms with Crippen molar-refractivity contribution in [1.82, 2.24) is 4.98 Å². The average molecular weight is 434 g/mol. The van der Waals surface area contributed by atoms with Crippen LogP contribution in [0.5, 0.6) is 5.75 Å². The summed E-state index contributed by atoms with van der Waals surface area (Å²) in [5, 5.41) is 4.18. The zero-order chi connectivity index (χ0) is 22.3. The lowest BCUT2D eigenvalue weighted by molar-refractivity contribution is 0.0527. The Balaban J connectivity index is 0.000000575. The van der Waals surface area contributed by atoms with Gasteiger partial charge in [0, 0.05) is 17.3 Å². The van der Waals surface area contributed by atoms with Gasteiger partial charge in [-0.15, -0.1) is 0 Å². The number of aryl methyl sites for hydroxylation is 1. The van der Waals surface area contributed by atoms with Crippen LogP contribution < -0.4 is 10.1 Å². The van der Waals surface area contributed by atoms with Crippen LogP contribution in [0, 0.1) is 6.92 Å². The summed E-state index contributed by atoms with van der Waals surface area (Å²) < 4.78 is 42.2. The zero-order valence-corrected chi connectivity index (χ0v) is 17.4. The molecule has 0 aliphatic heterocycles. The van der Waals surface area contributed by atoms with E-state index in [4.69, 9.17) is 27.0 Å². The van der Waals surface area contributed by atoms with Gasteiger partial charge in [-0.3, -0.25) is 14.1 Å². The van der Waals surface area contributed by atoms with Gasteiger partial charge in [-0.2, -0.15) is 8.42 Å². The van der Waals surface area contributed by atoms with Gasteiger partial charge in [0.05, 0.1) is 19.4 Å². The molecular weight excluding hydrogens is 412 g/mol. The third-order valence-corrected chi connectivity index (χ3v) is 3.98. The van der Waals surface area contributed by atoms with Crippen LogP contribution in [0.1, 0.15) is 22.8 Å². The molecule has 30 heavy (non-hydrogen) atoms. The number of rotatable bonds is 5. The van der Waals surface area contributed by atoms with Gasteiger partial charge in [0.1, 0.15) is 16.8 Å². The van der Waals surface area contributed by atoms with Crippen molar-refractivity contribution in [2.45, 2.75) is 13.8 Å². The van der Waals surface area contributed by atoms with Crippen molar-refractivity contribution in [3.05, 3.63) is 59.8 Å². The Morgan fingerprint density at radius 3 is 2.40 bits per heavy atom. The maximum atomic E-state index is 12.4. The molecule has 3 N–H and O–H groups in total. The Kier molecular flexibility index (Phi) is 7.70. The number of hydrogen-bond acceptors (Lipinski definition) is 7. The van der Waals surface area contributed by atoms with Crippen LogP contribution in [-0.2, 0) is 15.1 Å². The van der Waals surface area contributed by atoms with Crippen molar-refractivity contribution in [1.29, 1.82) is 0 Å². The van der Waals surface area contributed by atoms with Crippen molar-refractivity contribution in [2.75, 3.05) is 19.0 Å². The lowest BCUT2D eigenvalue weighted by Gasteiger charge is -2.16. The monoisotopic (exact) mass is 434 g/mol. The van der Waals surface area contributed by atoms with Crippen LogP contribution in [0.15, 0.2) is 48.7 Å². The molecule has 3 aromatic rings. The van der Waals surface area contributed by atoms with Crippen molar-refractivity contribution >= 4 is 38.6 Å². The lowest BCUT2D eigenvalue weighted by Crippen LogP contribution is -2.09. The second-order valence-electron chi connectivity index (χ2n) is 6.01. The Labute approximate surface area is 174 Å². The number of benzene rings is 2. The molecule has 0 saturated heterocycles. The number of esters is 1. The summed E-state index contributed by atoms with van der Waals surface area (Å²) in [5.41, 5.74) is 3.74. The van der Waals surface area contributed by atoms with Gasteiger partial charge >= 0.3 is 16.4 Å². The average Bonchev–Trinajstić information content (AvgIpc) is 2.68. The number of hydrogen-bond donors (Lipinski definition) is 3. The summed E-state index contributed by atoms with van der Waals surface area (Å²) in [7, 11) is -3.07. The van der Waals surface area contributed by atoms with E-state index in [-0.39, 0.29) is 0 Å². The second-order valence-corrected chi connectivity index (χ2v) is 6.91. The number of pyridine rings is 1. The van der Waals surface area contributed by atoms with Gasteiger partial charge in [-0.1, -0.05) is 30.3 Å². The molecule has 0 saturated carbocycles. The van der Waals surface area contributed by atoms with Gasteiger partial charge in [0.2, 0.25) is 0 Å². The summed E-state index contributed by atoms with van der Waals surface area (Å²) in [6, 6.07) is 13.5. The number of carbonyl (C=O) groups excluding carboxylic acids is 1. The molecule has 0 aliphatic rings. The number of nitrogens with one attached hydrogen (secondary N) is 1. The largest absolute Gasteiger partial charge is 0.494 e. The predicted molar refractivity (Wildman–Crippen MR) is 113 cm³/mol. The van der Waals surface area contributed by atoms with Crippen LogP contribution in [0.2, 0.25) is 0 Å². The molecular formula is C20H22N2O7S. The van der Waals surface area contributed by atoms with Crippen molar-refractivity contribution in [3.8, 4) is 5.75 Å². The summed E-state index contributed by atoms with van der Waals surface area (Å²) in [6.07, 6.45) is 1.53. The quantitative estimate of drug-likeness (QED) is 0.404. The van der Waals surface area contributed by atoms with Crippen LogP contribution in [-0.4, -0.2) is 42.2 Å². The molecule has 0 bridgehead atoms. The molecule has 0 spiro atoms. The minimum atomic E-state index is -4.67. The number of carbonyl (C=O) groups is 1. The van der Waals surface area contributed by atoms with E-state index in [0.29, 0.717) is 29.1 Å². The van der Waals surface area contributed by atoms with E-state index in [0.717, 1.165) is 16.6 Å². The van der Waals surface area contributed by atoms with Crippen molar-refractivity contribution in [2.24, 2.45) is 0 Å². The van der Waals surface area contributed by atoms with E-state index < -0.39 is 16.4 Å². The highest BCUT2D eigenvalue weighted by molar-refractivity contribution is 7.79. The van der Waals surface area contributed by atoms with Gasteiger partial charge in [0.15, 0.2) is 0 Å². The number of nitrogens with zero attached hydrogens (tertiary/aromatic N) is 1. The number of para-hydroxylation sites is 2. The normalized spacial score (nSPS) is 10.7. The predicted octanol–water partition coefficient (Wildman–Crippen LogP) is 3.82. The van der Waals surface area contributed by atoms with E-state index in [1.807, 2.05) is 49.4 Å². The molecule has 0 unspecified atom stereocenters. The van der Waals surface area contributed by atoms with Crippen molar-refractivity contribution in [3.63, 3.8) is 0 Å². The van der Waals surface area contributed by atoms with Gasteiger partial charge in [-0.05, 0) is 31.5 Å². The number of aromatic nitrogens is 1. The van der Waals surface area contributed by atoms with Crippen LogP contribution in [0.25, 0.3) is 10.9 Å². The highest BCUT2D eigenvalue weighted by Crippen LogP contribution is 2.34. The maximum Gasteiger partial charge on any atom is 0.394 e. The van der Waals surface area contributed by atoms with Crippen molar-refractivity contribution < 1.29 is 31.8 Å². The van der Waals surface area contributed by atoms with E-state index in [1.165, 1.54) is 6.20 Å².